The van der Waals surface area contributed by atoms with Gasteiger partial charge in [0.25, 0.3) is 0 Å². The van der Waals surface area contributed by atoms with Gasteiger partial charge in [-0.25, -0.2) is 0 Å². The van der Waals surface area contributed by atoms with Gasteiger partial charge in [0, 0.05) is 12.2 Å². The molecule has 2 nitrogen and oxygen atoms in total. The number of anilines is 1. The van der Waals surface area contributed by atoms with E-state index in [-0.39, 0.29) is 0 Å². The molecule has 20 heavy (non-hydrogen) atoms. The molecule has 0 saturated carbocycles. The van der Waals surface area contributed by atoms with Gasteiger partial charge in [-0.2, -0.15) is 0 Å². The topological polar surface area (TPSA) is 32.3 Å². The van der Waals surface area contributed by atoms with E-state index < -0.39 is 6.10 Å². The summed E-state index contributed by atoms with van der Waals surface area (Å²) in [7, 11) is 0. The van der Waals surface area contributed by atoms with Gasteiger partial charge >= 0.3 is 0 Å². The standard InChI is InChI=1S/C18H17NO/c20-18(15-7-2-1-3-8-15)13-19-17-11-10-14-6-4-5-9-16(14)12-17/h1-12,18-20H,13H2. The molecule has 0 aliphatic rings. The lowest BCUT2D eigenvalue weighted by Gasteiger charge is -2.13. The normalized spacial score (nSPS) is 12.2. The maximum atomic E-state index is 10.1. The van der Waals surface area contributed by atoms with Gasteiger partial charge in [0.2, 0.25) is 0 Å². The fourth-order valence-corrected chi connectivity index (χ4v) is 2.31. The van der Waals surface area contributed by atoms with Crippen molar-refractivity contribution in [1.29, 1.82) is 0 Å². The third-order valence-corrected chi connectivity index (χ3v) is 3.43. The van der Waals surface area contributed by atoms with E-state index in [1.807, 2.05) is 48.5 Å². The van der Waals surface area contributed by atoms with Crippen molar-refractivity contribution in [3.63, 3.8) is 0 Å². The molecule has 100 valence electrons. The van der Waals surface area contributed by atoms with Crippen LogP contribution in [0.2, 0.25) is 0 Å². The third kappa shape index (κ3) is 2.81. The number of hydrogen-bond acceptors (Lipinski definition) is 2. The van der Waals surface area contributed by atoms with E-state index in [4.69, 9.17) is 0 Å². The molecule has 0 fully saturated rings. The van der Waals surface area contributed by atoms with Gasteiger partial charge in [-0.15, -0.1) is 0 Å². The lowest BCUT2D eigenvalue weighted by Crippen LogP contribution is -2.11. The van der Waals surface area contributed by atoms with Gasteiger partial charge in [-0.05, 0) is 28.5 Å². The smallest absolute Gasteiger partial charge is 0.0962 e. The Balaban J connectivity index is 1.70. The van der Waals surface area contributed by atoms with Crippen LogP contribution in [0.15, 0.2) is 72.8 Å². The minimum Gasteiger partial charge on any atom is -0.387 e. The summed E-state index contributed by atoms with van der Waals surface area (Å²) in [5, 5.41) is 15.8. The van der Waals surface area contributed by atoms with Crippen LogP contribution < -0.4 is 5.32 Å². The van der Waals surface area contributed by atoms with E-state index in [1.165, 1.54) is 10.8 Å². The Kier molecular flexibility index (Phi) is 3.66. The zero-order valence-corrected chi connectivity index (χ0v) is 11.2. The molecule has 1 atom stereocenters. The summed E-state index contributed by atoms with van der Waals surface area (Å²) in [6, 6.07) is 24.2. The summed E-state index contributed by atoms with van der Waals surface area (Å²) in [4.78, 5) is 0. The molecule has 0 saturated heterocycles. The van der Waals surface area contributed by atoms with Crippen molar-refractivity contribution in [3.8, 4) is 0 Å². The average Bonchev–Trinajstić information content (AvgIpc) is 2.53. The molecule has 0 aliphatic heterocycles. The molecule has 1 unspecified atom stereocenters. The predicted octanol–water partition coefficient (Wildman–Crippen LogP) is 3.99. The molecular formula is C18H17NO. The number of nitrogens with one attached hydrogen (secondary N) is 1. The maximum Gasteiger partial charge on any atom is 0.0962 e. The van der Waals surface area contributed by atoms with E-state index in [0.717, 1.165) is 11.3 Å². The highest BCUT2D eigenvalue weighted by molar-refractivity contribution is 5.85. The molecule has 0 aliphatic carbocycles. The van der Waals surface area contributed by atoms with Crippen molar-refractivity contribution in [3.05, 3.63) is 78.4 Å². The van der Waals surface area contributed by atoms with Crippen molar-refractivity contribution in [2.75, 3.05) is 11.9 Å². The van der Waals surface area contributed by atoms with Gasteiger partial charge in [0.1, 0.15) is 0 Å². The highest BCUT2D eigenvalue weighted by Crippen LogP contribution is 2.20. The Bertz CT molecular complexity index is 694. The van der Waals surface area contributed by atoms with Crippen molar-refractivity contribution in [2.45, 2.75) is 6.10 Å². The number of fused-ring (bicyclic) bond motifs is 1. The number of aliphatic hydroxyl groups excluding tert-OH is 1. The Labute approximate surface area is 118 Å². The summed E-state index contributed by atoms with van der Waals surface area (Å²) in [6.07, 6.45) is -0.498. The lowest BCUT2D eigenvalue weighted by atomic mass is 10.1. The number of benzene rings is 3. The molecule has 0 amide bonds. The van der Waals surface area contributed by atoms with Gasteiger partial charge in [-0.3, -0.25) is 0 Å². The van der Waals surface area contributed by atoms with Crippen LogP contribution in [-0.2, 0) is 0 Å². The number of hydrogen-bond donors (Lipinski definition) is 2. The minimum absolute atomic E-state index is 0.498. The van der Waals surface area contributed by atoms with Crippen LogP contribution in [0.3, 0.4) is 0 Å². The van der Waals surface area contributed by atoms with E-state index in [1.54, 1.807) is 0 Å². The van der Waals surface area contributed by atoms with E-state index in [0.29, 0.717) is 6.54 Å². The largest absolute Gasteiger partial charge is 0.387 e. The van der Waals surface area contributed by atoms with Gasteiger partial charge in [-0.1, -0.05) is 60.7 Å². The van der Waals surface area contributed by atoms with Crippen molar-refractivity contribution in [1.82, 2.24) is 0 Å². The molecular weight excluding hydrogens is 246 g/mol. The molecule has 0 radical (unpaired) electrons. The first-order valence-corrected chi connectivity index (χ1v) is 6.78. The number of aliphatic hydroxyl groups is 1. The molecule has 0 heterocycles. The lowest BCUT2D eigenvalue weighted by molar-refractivity contribution is 0.191. The SMILES string of the molecule is OC(CNc1ccc2ccccc2c1)c1ccccc1. The Morgan fingerprint density at radius 3 is 2.30 bits per heavy atom. The average molecular weight is 263 g/mol. The summed E-state index contributed by atoms with van der Waals surface area (Å²) < 4.78 is 0. The molecule has 0 aromatic heterocycles. The van der Waals surface area contributed by atoms with Crippen LogP contribution >= 0.6 is 0 Å². The zero-order chi connectivity index (χ0) is 13.8. The van der Waals surface area contributed by atoms with E-state index in [2.05, 4.69) is 29.6 Å². The molecule has 0 bridgehead atoms. The first kappa shape index (κ1) is 12.7. The fraction of sp³-hybridized carbons (Fsp3) is 0.111. The fourth-order valence-electron chi connectivity index (χ4n) is 2.31. The molecule has 3 aromatic carbocycles. The molecule has 3 rings (SSSR count). The van der Waals surface area contributed by atoms with Crippen LogP contribution in [-0.4, -0.2) is 11.7 Å². The quantitative estimate of drug-likeness (QED) is 0.746. The predicted molar refractivity (Wildman–Crippen MR) is 83.8 cm³/mol. The molecule has 0 spiro atoms. The van der Waals surface area contributed by atoms with E-state index in [9.17, 15) is 5.11 Å². The van der Waals surface area contributed by atoms with Gasteiger partial charge < -0.3 is 10.4 Å². The van der Waals surface area contributed by atoms with Crippen LogP contribution in [0.1, 0.15) is 11.7 Å². The molecule has 2 heteroatoms. The minimum atomic E-state index is -0.498. The Morgan fingerprint density at radius 2 is 1.50 bits per heavy atom. The molecule has 2 N–H and O–H groups in total. The highest BCUT2D eigenvalue weighted by Gasteiger charge is 2.06. The highest BCUT2D eigenvalue weighted by atomic mass is 16.3. The zero-order valence-electron chi connectivity index (χ0n) is 11.2. The molecule has 3 aromatic rings. The third-order valence-electron chi connectivity index (χ3n) is 3.43. The summed E-state index contributed by atoms with van der Waals surface area (Å²) in [6.45, 7) is 0.502. The summed E-state index contributed by atoms with van der Waals surface area (Å²) in [5.41, 5.74) is 1.96. The summed E-state index contributed by atoms with van der Waals surface area (Å²) in [5.74, 6) is 0. The first-order chi connectivity index (χ1) is 9.83. The summed E-state index contributed by atoms with van der Waals surface area (Å²) >= 11 is 0. The number of rotatable bonds is 4. The van der Waals surface area contributed by atoms with Gasteiger partial charge in [0.05, 0.1) is 6.10 Å². The van der Waals surface area contributed by atoms with Crippen LogP contribution in [0.5, 0.6) is 0 Å². The monoisotopic (exact) mass is 263 g/mol. The van der Waals surface area contributed by atoms with Crippen LogP contribution in [0.4, 0.5) is 5.69 Å². The second-order valence-corrected chi connectivity index (χ2v) is 4.87. The maximum absolute atomic E-state index is 10.1. The van der Waals surface area contributed by atoms with Crippen LogP contribution in [0, 0.1) is 0 Å². The second-order valence-electron chi connectivity index (χ2n) is 4.87. The Morgan fingerprint density at radius 1 is 0.800 bits per heavy atom. The second kappa shape index (κ2) is 5.76. The van der Waals surface area contributed by atoms with E-state index >= 15 is 0 Å². The van der Waals surface area contributed by atoms with Crippen molar-refractivity contribution >= 4 is 16.5 Å². The van der Waals surface area contributed by atoms with Crippen LogP contribution in [0.25, 0.3) is 10.8 Å². The Hall–Kier alpha value is -2.32. The van der Waals surface area contributed by atoms with Gasteiger partial charge in [0.15, 0.2) is 0 Å². The first-order valence-electron chi connectivity index (χ1n) is 6.78. The van der Waals surface area contributed by atoms with Crippen molar-refractivity contribution < 1.29 is 5.11 Å². The van der Waals surface area contributed by atoms with Crippen molar-refractivity contribution in [2.24, 2.45) is 0 Å².